The SMILES string of the molecule is COC(=O)c1ccc(NC(=O)C(=O)N/N=C\c2cccc(Cl)c2)cc1. The molecule has 0 fully saturated rings. The van der Waals surface area contributed by atoms with Crippen molar-refractivity contribution in [1.29, 1.82) is 0 Å². The van der Waals surface area contributed by atoms with Crippen molar-refractivity contribution in [2.45, 2.75) is 0 Å². The van der Waals surface area contributed by atoms with Crippen LogP contribution in [0.15, 0.2) is 53.6 Å². The third kappa shape index (κ3) is 5.43. The van der Waals surface area contributed by atoms with E-state index in [0.29, 0.717) is 21.8 Å². The number of hydrogen-bond donors (Lipinski definition) is 2. The summed E-state index contributed by atoms with van der Waals surface area (Å²) in [6.07, 6.45) is 1.36. The van der Waals surface area contributed by atoms with Crippen molar-refractivity contribution >= 4 is 41.3 Å². The average Bonchev–Trinajstić information content (AvgIpc) is 2.61. The van der Waals surface area contributed by atoms with Crippen LogP contribution in [0.5, 0.6) is 0 Å². The van der Waals surface area contributed by atoms with Crippen LogP contribution in [0.25, 0.3) is 0 Å². The van der Waals surface area contributed by atoms with Gasteiger partial charge in [0.25, 0.3) is 0 Å². The number of halogens is 1. The van der Waals surface area contributed by atoms with E-state index in [4.69, 9.17) is 11.6 Å². The van der Waals surface area contributed by atoms with Gasteiger partial charge in [-0.15, -0.1) is 0 Å². The highest BCUT2D eigenvalue weighted by atomic mass is 35.5. The molecule has 0 atom stereocenters. The van der Waals surface area contributed by atoms with E-state index in [2.05, 4.69) is 20.6 Å². The largest absolute Gasteiger partial charge is 0.465 e. The maximum atomic E-state index is 11.8. The van der Waals surface area contributed by atoms with Crippen LogP contribution in [-0.2, 0) is 14.3 Å². The molecule has 0 aliphatic heterocycles. The Balaban J connectivity index is 1.89. The van der Waals surface area contributed by atoms with Crippen LogP contribution in [0.2, 0.25) is 5.02 Å². The Labute approximate surface area is 148 Å². The maximum Gasteiger partial charge on any atom is 0.337 e. The molecule has 25 heavy (non-hydrogen) atoms. The summed E-state index contributed by atoms with van der Waals surface area (Å²) >= 11 is 5.82. The van der Waals surface area contributed by atoms with E-state index in [1.807, 2.05) is 0 Å². The van der Waals surface area contributed by atoms with Gasteiger partial charge in [0, 0.05) is 10.7 Å². The number of ether oxygens (including phenoxy) is 1. The van der Waals surface area contributed by atoms with E-state index in [1.54, 1.807) is 24.3 Å². The molecule has 2 rings (SSSR count). The Morgan fingerprint density at radius 3 is 2.44 bits per heavy atom. The molecule has 128 valence electrons. The van der Waals surface area contributed by atoms with Gasteiger partial charge in [-0.2, -0.15) is 5.10 Å². The average molecular weight is 360 g/mol. The molecule has 0 aliphatic rings. The fraction of sp³-hybridized carbons (Fsp3) is 0.0588. The summed E-state index contributed by atoms with van der Waals surface area (Å²) in [6, 6.07) is 12.7. The van der Waals surface area contributed by atoms with Crippen LogP contribution in [0.4, 0.5) is 5.69 Å². The molecule has 2 amide bonds. The molecule has 0 saturated heterocycles. The van der Waals surface area contributed by atoms with E-state index in [9.17, 15) is 14.4 Å². The lowest BCUT2D eigenvalue weighted by atomic mass is 10.2. The first-order valence-corrected chi connectivity index (χ1v) is 7.45. The zero-order chi connectivity index (χ0) is 18.2. The first-order chi connectivity index (χ1) is 12.0. The molecule has 0 bridgehead atoms. The number of amides is 2. The second-order valence-electron chi connectivity index (χ2n) is 4.78. The van der Waals surface area contributed by atoms with Crippen LogP contribution >= 0.6 is 11.6 Å². The van der Waals surface area contributed by atoms with E-state index in [0.717, 1.165) is 0 Å². The zero-order valence-corrected chi connectivity index (χ0v) is 13.9. The van der Waals surface area contributed by atoms with Crippen molar-refractivity contribution in [2.24, 2.45) is 5.10 Å². The summed E-state index contributed by atoms with van der Waals surface area (Å²) in [5, 5.41) is 6.61. The van der Waals surface area contributed by atoms with Gasteiger partial charge in [-0.05, 0) is 42.0 Å². The van der Waals surface area contributed by atoms with Crippen molar-refractivity contribution < 1.29 is 19.1 Å². The predicted molar refractivity (Wildman–Crippen MR) is 93.6 cm³/mol. The molecule has 0 spiro atoms. The molecule has 2 aromatic rings. The quantitative estimate of drug-likeness (QED) is 0.378. The molecule has 0 heterocycles. The van der Waals surface area contributed by atoms with Crippen molar-refractivity contribution in [1.82, 2.24) is 5.43 Å². The Bertz CT molecular complexity index is 819. The minimum Gasteiger partial charge on any atom is -0.465 e. The molecule has 7 nitrogen and oxygen atoms in total. The molecule has 2 N–H and O–H groups in total. The zero-order valence-electron chi connectivity index (χ0n) is 13.2. The molecular formula is C17H14ClN3O4. The topological polar surface area (TPSA) is 96.9 Å². The molecule has 0 radical (unpaired) electrons. The third-order valence-corrected chi connectivity index (χ3v) is 3.23. The molecule has 0 aromatic heterocycles. The monoisotopic (exact) mass is 359 g/mol. The second kappa shape index (κ2) is 8.60. The highest BCUT2D eigenvalue weighted by Crippen LogP contribution is 2.10. The highest BCUT2D eigenvalue weighted by Gasteiger charge is 2.13. The molecule has 0 unspecified atom stereocenters. The van der Waals surface area contributed by atoms with Crippen LogP contribution < -0.4 is 10.7 Å². The number of methoxy groups -OCH3 is 1. The number of anilines is 1. The summed E-state index contributed by atoms with van der Waals surface area (Å²) in [6.45, 7) is 0. The summed E-state index contributed by atoms with van der Waals surface area (Å²) in [5.74, 6) is -2.32. The first-order valence-electron chi connectivity index (χ1n) is 7.08. The number of esters is 1. The number of hydrogen-bond acceptors (Lipinski definition) is 5. The number of benzene rings is 2. The van der Waals surface area contributed by atoms with Crippen molar-refractivity contribution in [3.63, 3.8) is 0 Å². The van der Waals surface area contributed by atoms with Crippen molar-refractivity contribution in [3.8, 4) is 0 Å². The third-order valence-electron chi connectivity index (χ3n) is 3.00. The fourth-order valence-corrected chi connectivity index (χ4v) is 2.00. The summed E-state index contributed by atoms with van der Waals surface area (Å²) < 4.78 is 4.57. The van der Waals surface area contributed by atoms with Crippen LogP contribution in [0.3, 0.4) is 0 Å². The van der Waals surface area contributed by atoms with Gasteiger partial charge in [-0.3, -0.25) is 9.59 Å². The Hall–Kier alpha value is -3.19. The normalized spacial score (nSPS) is 10.3. The molecule has 2 aromatic carbocycles. The number of nitrogens with one attached hydrogen (secondary N) is 2. The van der Waals surface area contributed by atoms with Gasteiger partial charge < -0.3 is 10.1 Å². The Morgan fingerprint density at radius 2 is 1.80 bits per heavy atom. The van der Waals surface area contributed by atoms with Gasteiger partial charge in [0.1, 0.15) is 0 Å². The van der Waals surface area contributed by atoms with Crippen LogP contribution in [-0.4, -0.2) is 31.1 Å². The number of carbonyl (C=O) groups is 3. The van der Waals surface area contributed by atoms with Gasteiger partial charge in [0.2, 0.25) is 0 Å². The Kier molecular flexibility index (Phi) is 6.25. The summed E-state index contributed by atoms with van der Waals surface area (Å²) in [7, 11) is 1.27. The van der Waals surface area contributed by atoms with Crippen LogP contribution in [0, 0.1) is 0 Å². The van der Waals surface area contributed by atoms with Gasteiger partial charge in [0.05, 0.1) is 18.9 Å². The number of hydrazone groups is 1. The summed E-state index contributed by atoms with van der Waals surface area (Å²) in [4.78, 5) is 34.8. The lowest BCUT2D eigenvalue weighted by Crippen LogP contribution is -2.32. The fourth-order valence-electron chi connectivity index (χ4n) is 1.80. The first kappa shape index (κ1) is 18.2. The lowest BCUT2D eigenvalue weighted by Gasteiger charge is -2.05. The number of nitrogens with zero attached hydrogens (tertiary/aromatic N) is 1. The van der Waals surface area contributed by atoms with Crippen molar-refractivity contribution in [2.75, 3.05) is 12.4 Å². The molecule has 8 heteroatoms. The molecular weight excluding hydrogens is 346 g/mol. The number of carbonyl (C=O) groups excluding carboxylic acids is 3. The Morgan fingerprint density at radius 1 is 1.08 bits per heavy atom. The molecule has 0 saturated carbocycles. The van der Waals surface area contributed by atoms with Crippen molar-refractivity contribution in [3.05, 3.63) is 64.7 Å². The minimum atomic E-state index is -0.935. The summed E-state index contributed by atoms with van der Waals surface area (Å²) in [5.41, 5.74) is 3.47. The van der Waals surface area contributed by atoms with Crippen LogP contribution in [0.1, 0.15) is 15.9 Å². The highest BCUT2D eigenvalue weighted by molar-refractivity contribution is 6.39. The number of rotatable bonds is 4. The van der Waals surface area contributed by atoms with E-state index in [1.165, 1.54) is 37.6 Å². The second-order valence-corrected chi connectivity index (χ2v) is 5.21. The van der Waals surface area contributed by atoms with Gasteiger partial charge >= 0.3 is 17.8 Å². The van der Waals surface area contributed by atoms with Gasteiger partial charge in [-0.25, -0.2) is 10.2 Å². The molecule has 0 aliphatic carbocycles. The predicted octanol–water partition coefficient (Wildman–Crippen LogP) is 2.22. The minimum absolute atomic E-state index is 0.330. The standard InChI is InChI=1S/C17H14ClN3O4/c1-25-17(24)12-5-7-14(8-6-12)20-15(22)16(23)21-19-10-11-3-2-4-13(18)9-11/h2-10H,1H3,(H,20,22)(H,21,23)/b19-10-. The van der Waals surface area contributed by atoms with E-state index < -0.39 is 17.8 Å². The maximum absolute atomic E-state index is 11.8. The van der Waals surface area contributed by atoms with E-state index >= 15 is 0 Å². The van der Waals surface area contributed by atoms with E-state index in [-0.39, 0.29) is 0 Å². The van der Waals surface area contributed by atoms with Gasteiger partial charge in [0.15, 0.2) is 0 Å². The lowest BCUT2D eigenvalue weighted by molar-refractivity contribution is -0.136. The van der Waals surface area contributed by atoms with Gasteiger partial charge in [-0.1, -0.05) is 23.7 Å². The smallest absolute Gasteiger partial charge is 0.337 e.